The van der Waals surface area contributed by atoms with E-state index in [2.05, 4.69) is 5.10 Å². The second-order valence-electron chi connectivity index (χ2n) is 4.30. The molecule has 2 N–H and O–H groups in total. The van der Waals surface area contributed by atoms with Crippen LogP contribution in [0, 0.1) is 13.8 Å². The molecule has 0 saturated carbocycles. The van der Waals surface area contributed by atoms with Crippen molar-refractivity contribution >= 4 is 0 Å². The molecule has 1 aromatic carbocycles. The summed E-state index contributed by atoms with van der Waals surface area (Å²) in [6.45, 7) is 4.45. The molecule has 102 valence electrons. The van der Waals surface area contributed by atoms with Crippen LogP contribution in [0.15, 0.2) is 18.2 Å². The number of hydrogen-bond acceptors (Lipinski definition) is 4. The summed E-state index contributed by atoms with van der Waals surface area (Å²) in [5.74, 6) is 1.47. The molecule has 0 bridgehead atoms. The van der Waals surface area contributed by atoms with E-state index >= 15 is 0 Å². The molecule has 5 heteroatoms. The Bertz CT molecular complexity index is 591. The highest BCUT2D eigenvalue weighted by Crippen LogP contribution is 2.29. The lowest BCUT2D eigenvalue weighted by atomic mass is 10.2. The van der Waals surface area contributed by atoms with E-state index in [4.69, 9.17) is 15.2 Å². The molecule has 0 spiro atoms. The molecular formula is C14H19N3O2. The summed E-state index contributed by atoms with van der Waals surface area (Å²) in [6.07, 6.45) is 0. The molecule has 0 aliphatic rings. The van der Waals surface area contributed by atoms with Crippen molar-refractivity contribution < 1.29 is 9.47 Å². The zero-order valence-electron chi connectivity index (χ0n) is 11.7. The van der Waals surface area contributed by atoms with E-state index in [9.17, 15) is 0 Å². The van der Waals surface area contributed by atoms with Crippen molar-refractivity contribution in [3.8, 4) is 17.2 Å². The smallest absolute Gasteiger partial charge is 0.148 e. The standard InChI is InChI=1S/C14H19N3O2/c1-9-12(8-15)10(2)17(16-9)13-6-5-11(18-3)7-14(13)19-4/h5-7H,8,15H2,1-4H3. The fourth-order valence-corrected chi connectivity index (χ4v) is 2.16. The topological polar surface area (TPSA) is 62.3 Å². The summed E-state index contributed by atoms with van der Waals surface area (Å²) in [5, 5.41) is 4.53. The van der Waals surface area contributed by atoms with Crippen molar-refractivity contribution in [2.24, 2.45) is 5.73 Å². The summed E-state index contributed by atoms with van der Waals surface area (Å²) < 4.78 is 12.5. The number of benzene rings is 1. The molecule has 1 heterocycles. The quantitative estimate of drug-likeness (QED) is 0.914. The predicted octanol–water partition coefficient (Wildman–Crippen LogP) is 1.97. The van der Waals surface area contributed by atoms with E-state index in [0.717, 1.165) is 28.4 Å². The van der Waals surface area contributed by atoms with Crippen LogP contribution in [0.2, 0.25) is 0 Å². The van der Waals surface area contributed by atoms with Crippen LogP contribution in [-0.4, -0.2) is 24.0 Å². The number of aromatic nitrogens is 2. The molecule has 0 aliphatic carbocycles. The zero-order valence-corrected chi connectivity index (χ0v) is 11.7. The SMILES string of the molecule is COc1ccc(-n2nc(C)c(CN)c2C)c(OC)c1. The van der Waals surface area contributed by atoms with Crippen LogP contribution >= 0.6 is 0 Å². The lowest BCUT2D eigenvalue weighted by Crippen LogP contribution is -2.04. The third kappa shape index (κ3) is 2.29. The predicted molar refractivity (Wildman–Crippen MR) is 74.0 cm³/mol. The summed E-state index contributed by atoms with van der Waals surface area (Å²) in [6, 6.07) is 5.65. The molecule has 0 fully saturated rings. The number of methoxy groups -OCH3 is 2. The average Bonchev–Trinajstić information content (AvgIpc) is 2.72. The number of aryl methyl sites for hydroxylation is 1. The van der Waals surface area contributed by atoms with Gasteiger partial charge >= 0.3 is 0 Å². The van der Waals surface area contributed by atoms with Gasteiger partial charge < -0.3 is 15.2 Å². The molecule has 0 saturated heterocycles. The Morgan fingerprint density at radius 1 is 1.21 bits per heavy atom. The molecule has 19 heavy (non-hydrogen) atoms. The van der Waals surface area contributed by atoms with Crippen molar-refractivity contribution in [2.45, 2.75) is 20.4 Å². The summed E-state index contributed by atoms with van der Waals surface area (Å²) in [4.78, 5) is 0. The van der Waals surface area contributed by atoms with Gasteiger partial charge in [0, 0.05) is 23.9 Å². The first-order valence-electron chi connectivity index (χ1n) is 6.10. The van der Waals surface area contributed by atoms with Crippen molar-refractivity contribution in [3.63, 3.8) is 0 Å². The van der Waals surface area contributed by atoms with Crippen LogP contribution < -0.4 is 15.2 Å². The molecule has 0 amide bonds. The van der Waals surface area contributed by atoms with Gasteiger partial charge in [0.1, 0.15) is 17.2 Å². The molecule has 0 atom stereocenters. The molecule has 5 nitrogen and oxygen atoms in total. The fraction of sp³-hybridized carbons (Fsp3) is 0.357. The second-order valence-corrected chi connectivity index (χ2v) is 4.30. The van der Waals surface area contributed by atoms with Crippen molar-refractivity contribution in [1.82, 2.24) is 9.78 Å². The maximum atomic E-state index is 5.75. The summed E-state index contributed by atoms with van der Waals surface area (Å²) in [5.41, 5.74) is 9.67. The molecular weight excluding hydrogens is 242 g/mol. The number of ether oxygens (including phenoxy) is 2. The minimum Gasteiger partial charge on any atom is -0.497 e. The Labute approximate surface area is 112 Å². The minimum absolute atomic E-state index is 0.482. The van der Waals surface area contributed by atoms with Crippen LogP contribution in [0.4, 0.5) is 0 Å². The van der Waals surface area contributed by atoms with E-state index < -0.39 is 0 Å². The number of nitrogens with zero attached hydrogens (tertiary/aromatic N) is 2. The first kappa shape index (κ1) is 13.4. The van der Waals surface area contributed by atoms with Crippen LogP contribution in [-0.2, 0) is 6.54 Å². The largest absolute Gasteiger partial charge is 0.497 e. The van der Waals surface area contributed by atoms with Crippen molar-refractivity contribution in [3.05, 3.63) is 35.2 Å². The van der Waals surface area contributed by atoms with Crippen LogP contribution in [0.3, 0.4) is 0 Å². The van der Waals surface area contributed by atoms with Gasteiger partial charge in [-0.05, 0) is 26.0 Å². The lowest BCUT2D eigenvalue weighted by Gasteiger charge is -2.12. The van der Waals surface area contributed by atoms with Gasteiger partial charge in [-0.25, -0.2) is 4.68 Å². The number of nitrogens with two attached hydrogens (primary N) is 1. The Hall–Kier alpha value is -2.01. The fourth-order valence-electron chi connectivity index (χ4n) is 2.16. The van der Waals surface area contributed by atoms with E-state index in [-0.39, 0.29) is 0 Å². The van der Waals surface area contributed by atoms with Crippen molar-refractivity contribution in [2.75, 3.05) is 14.2 Å². The maximum Gasteiger partial charge on any atom is 0.148 e. The summed E-state index contributed by atoms with van der Waals surface area (Å²) in [7, 11) is 3.26. The third-order valence-electron chi connectivity index (χ3n) is 3.26. The average molecular weight is 261 g/mol. The van der Waals surface area contributed by atoms with Gasteiger partial charge in [0.25, 0.3) is 0 Å². The zero-order chi connectivity index (χ0) is 14.0. The van der Waals surface area contributed by atoms with Gasteiger partial charge in [0.2, 0.25) is 0 Å². The Morgan fingerprint density at radius 2 is 1.95 bits per heavy atom. The number of rotatable bonds is 4. The van der Waals surface area contributed by atoms with Gasteiger partial charge in [-0.3, -0.25) is 0 Å². The second kappa shape index (κ2) is 5.32. The van der Waals surface area contributed by atoms with Gasteiger partial charge in [0.15, 0.2) is 0 Å². The molecule has 0 aliphatic heterocycles. The normalized spacial score (nSPS) is 10.6. The van der Waals surface area contributed by atoms with E-state index in [1.165, 1.54) is 0 Å². The van der Waals surface area contributed by atoms with Gasteiger partial charge in [-0.15, -0.1) is 0 Å². The third-order valence-corrected chi connectivity index (χ3v) is 3.26. The maximum absolute atomic E-state index is 5.75. The number of hydrogen-bond donors (Lipinski definition) is 1. The first-order valence-corrected chi connectivity index (χ1v) is 6.10. The first-order chi connectivity index (χ1) is 9.12. The van der Waals surface area contributed by atoms with Crippen LogP contribution in [0.25, 0.3) is 5.69 Å². The molecule has 2 aromatic rings. The monoisotopic (exact) mass is 261 g/mol. The molecule has 1 aromatic heterocycles. The Kier molecular flexibility index (Phi) is 3.76. The van der Waals surface area contributed by atoms with E-state index in [1.54, 1.807) is 14.2 Å². The Morgan fingerprint density at radius 3 is 2.47 bits per heavy atom. The van der Waals surface area contributed by atoms with E-state index in [1.807, 2.05) is 36.7 Å². The van der Waals surface area contributed by atoms with Gasteiger partial charge in [0.05, 0.1) is 19.9 Å². The molecule has 2 rings (SSSR count). The molecule has 0 unspecified atom stereocenters. The highest BCUT2D eigenvalue weighted by atomic mass is 16.5. The highest BCUT2D eigenvalue weighted by molar-refractivity contribution is 5.52. The van der Waals surface area contributed by atoms with Crippen molar-refractivity contribution in [1.29, 1.82) is 0 Å². The van der Waals surface area contributed by atoms with E-state index in [0.29, 0.717) is 12.3 Å². The van der Waals surface area contributed by atoms with Gasteiger partial charge in [-0.2, -0.15) is 5.10 Å². The van der Waals surface area contributed by atoms with Crippen LogP contribution in [0.1, 0.15) is 17.0 Å². The minimum atomic E-state index is 0.482. The van der Waals surface area contributed by atoms with Crippen LogP contribution in [0.5, 0.6) is 11.5 Å². The molecule has 0 radical (unpaired) electrons. The Balaban J connectivity index is 2.58. The summed E-state index contributed by atoms with van der Waals surface area (Å²) >= 11 is 0. The van der Waals surface area contributed by atoms with Gasteiger partial charge in [-0.1, -0.05) is 0 Å². The highest BCUT2D eigenvalue weighted by Gasteiger charge is 2.15. The lowest BCUT2D eigenvalue weighted by molar-refractivity contribution is 0.392.